The number of rotatable bonds is 7. The molecule has 0 saturated carbocycles. The van der Waals surface area contributed by atoms with Gasteiger partial charge in [-0.1, -0.05) is 39.3 Å². The van der Waals surface area contributed by atoms with E-state index in [0.29, 0.717) is 29.8 Å². The molecule has 2 heterocycles. The fourth-order valence-corrected chi connectivity index (χ4v) is 2.15. The second-order valence-corrected chi connectivity index (χ2v) is 5.96. The molecule has 0 unspecified atom stereocenters. The summed E-state index contributed by atoms with van der Waals surface area (Å²) in [7, 11) is 0. The van der Waals surface area contributed by atoms with Crippen molar-refractivity contribution in [3.8, 4) is 11.6 Å². The van der Waals surface area contributed by atoms with Gasteiger partial charge in [0.15, 0.2) is 5.76 Å². The number of carbonyl (C=O) groups excluding carboxylic acids is 1. The Morgan fingerprint density at radius 2 is 2.14 bits per heavy atom. The summed E-state index contributed by atoms with van der Waals surface area (Å²) in [6.07, 6.45) is 2.93. The van der Waals surface area contributed by atoms with E-state index in [4.69, 9.17) is 8.94 Å². The molecule has 120 valence electrons. The summed E-state index contributed by atoms with van der Waals surface area (Å²) in [4.78, 5) is 16.4. The third kappa shape index (κ3) is 3.96. The van der Waals surface area contributed by atoms with Crippen LogP contribution < -0.4 is 5.32 Å². The standard InChI is InChI=1S/C16H23N3O3/c1-5-11(4)14(17-13(20)9-10(2)3)16-18-15(19-22-16)12-7-6-8-21-12/h6-8,10-11,14H,5,9H2,1-4H3,(H,17,20)/t11-,14-/m1/s1. The van der Waals surface area contributed by atoms with Crippen LogP contribution in [0.3, 0.4) is 0 Å². The van der Waals surface area contributed by atoms with Gasteiger partial charge in [0.1, 0.15) is 6.04 Å². The molecule has 2 aromatic rings. The van der Waals surface area contributed by atoms with Gasteiger partial charge >= 0.3 is 0 Å². The summed E-state index contributed by atoms with van der Waals surface area (Å²) < 4.78 is 10.6. The highest BCUT2D eigenvalue weighted by atomic mass is 16.5. The Hall–Kier alpha value is -2.11. The number of aromatic nitrogens is 2. The van der Waals surface area contributed by atoms with Crippen LogP contribution >= 0.6 is 0 Å². The maximum atomic E-state index is 12.1. The topological polar surface area (TPSA) is 81.2 Å². The van der Waals surface area contributed by atoms with Gasteiger partial charge in [0, 0.05) is 6.42 Å². The zero-order valence-corrected chi connectivity index (χ0v) is 13.5. The van der Waals surface area contributed by atoms with E-state index in [2.05, 4.69) is 29.3 Å². The van der Waals surface area contributed by atoms with Crippen LogP contribution in [0.1, 0.15) is 52.5 Å². The first-order valence-electron chi connectivity index (χ1n) is 7.68. The summed E-state index contributed by atoms with van der Waals surface area (Å²) in [5.74, 6) is 1.86. The Morgan fingerprint density at radius 1 is 1.36 bits per heavy atom. The van der Waals surface area contributed by atoms with Gasteiger partial charge in [-0.05, 0) is 24.0 Å². The van der Waals surface area contributed by atoms with Crippen LogP contribution in [0.5, 0.6) is 0 Å². The molecule has 22 heavy (non-hydrogen) atoms. The lowest BCUT2D eigenvalue weighted by molar-refractivity contribution is -0.123. The van der Waals surface area contributed by atoms with Crippen LogP contribution in [-0.2, 0) is 4.79 Å². The highest BCUT2D eigenvalue weighted by Crippen LogP contribution is 2.26. The average Bonchev–Trinajstić information content (AvgIpc) is 3.13. The van der Waals surface area contributed by atoms with E-state index in [1.165, 1.54) is 0 Å². The van der Waals surface area contributed by atoms with Gasteiger partial charge in [-0.25, -0.2) is 0 Å². The Morgan fingerprint density at radius 3 is 2.73 bits per heavy atom. The van der Waals surface area contributed by atoms with E-state index in [0.717, 1.165) is 6.42 Å². The van der Waals surface area contributed by atoms with Crippen LogP contribution in [0.15, 0.2) is 27.3 Å². The van der Waals surface area contributed by atoms with Crippen molar-refractivity contribution in [3.63, 3.8) is 0 Å². The zero-order valence-electron chi connectivity index (χ0n) is 13.5. The molecule has 0 fully saturated rings. The van der Waals surface area contributed by atoms with E-state index in [1.807, 2.05) is 13.8 Å². The molecule has 0 aliphatic rings. The first kappa shape index (κ1) is 16.3. The Bertz CT molecular complexity index is 590. The maximum Gasteiger partial charge on any atom is 0.249 e. The average molecular weight is 305 g/mol. The summed E-state index contributed by atoms with van der Waals surface area (Å²) in [6.45, 7) is 8.15. The minimum atomic E-state index is -0.285. The van der Waals surface area contributed by atoms with E-state index >= 15 is 0 Å². The number of amides is 1. The maximum absolute atomic E-state index is 12.1. The van der Waals surface area contributed by atoms with E-state index in [-0.39, 0.29) is 17.9 Å². The summed E-state index contributed by atoms with van der Waals surface area (Å²) >= 11 is 0. The number of nitrogens with zero attached hydrogens (tertiary/aromatic N) is 2. The first-order valence-corrected chi connectivity index (χ1v) is 7.68. The van der Waals surface area contributed by atoms with Crippen LogP contribution in [0, 0.1) is 11.8 Å². The molecule has 2 rings (SSSR count). The SMILES string of the molecule is CC[C@@H](C)[C@@H](NC(=O)CC(C)C)c1nc(-c2ccco2)no1. The zero-order chi connectivity index (χ0) is 16.1. The van der Waals surface area contributed by atoms with Crippen molar-refractivity contribution in [1.29, 1.82) is 0 Å². The number of hydrogen-bond acceptors (Lipinski definition) is 5. The van der Waals surface area contributed by atoms with Crippen LogP contribution in [0.25, 0.3) is 11.6 Å². The summed E-state index contributed by atoms with van der Waals surface area (Å²) in [5.41, 5.74) is 0. The van der Waals surface area contributed by atoms with E-state index < -0.39 is 0 Å². The molecule has 0 saturated heterocycles. The molecule has 1 N–H and O–H groups in total. The molecule has 0 aliphatic heterocycles. The molecular formula is C16H23N3O3. The van der Waals surface area contributed by atoms with Crippen molar-refractivity contribution in [2.45, 2.75) is 46.6 Å². The van der Waals surface area contributed by atoms with Crippen LogP contribution in [0.4, 0.5) is 0 Å². The van der Waals surface area contributed by atoms with Gasteiger partial charge in [0.05, 0.1) is 6.26 Å². The van der Waals surface area contributed by atoms with Crippen LogP contribution in [-0.4, -0.2) is 16.0 Å². The van der Waals surface area contributed by atoms with Crippen molar-refractivity contribution >= 4 is 5.91 Å². The number of nitrogens with one attached hydrogen (secondary N) is 1. The minimum Gasteiger partial charge on any atom is -0.461 e. The molecule has 6 nitrogen and oxygen atoms in total. The van der Waals surface area contributed by atoms with Gasteiger partial charge in [-0.15, -0.1) is 0 Å². The second-order valence-electron chi connectivity index (χ2n) is 5.96. The summed E-state index contributed by atoms with van der Waals surface area (Å²) in [5, 5.41) is 6.94. The molecule has 0 spiro atoms. The Balaban J connectivity index is 2.17. The lowest BCUT2D eigenvalue weighted by atomic mass is 9.98. The van der Waals surface area contributed by atoms with Gasteiger partial charge < -0.3 is 14.3 Å². The molecular weight excluding hydrogens is 282 g/mol. The highest BCUT2D eigenvalue weighted by Gasteiger charge is 2.27. The van der Waals surface area contributed by atoms with Crippen molar-refractivity contribution < 1.29 is 13.7 Å². The molecule has 0 aromatic carbocycles. The molecule has 0 radical (unpaired) electrons. The molecule has 2 aromatic heterocycles. The molecule has 1 amide bonds. The van der Waals surface area contributed by atoms with Crippen molar-refractivity contribution in [2.75, 3.05) is 0 Å². The number of hydrogen-bond donors (Lipinski definition) is 1. The molecule has 0 bridgehead atoms. The first-order chi connectivity index (χ1) is 10.5. The molecule has 6 heteroatoms. The smallest absolute Gasteiger partial charge is 0.249 e. The molecule has 0 aliphatic carbocycles. The van der Waals surface area contributed by atoms with Gasteiger partial charge in [0.2, 0.25) is 17.6 Å². The third-order valence-electron chi connectivity index (χ3n) is 3.57. The second kappa shape index (κ2) is 7.24. The largest absolute Gasteiger partial charge is 0.461 e. The van der Waals surface area contributed by atoms with Crippen molar-refractivity contribution in [1.82, 2.24) is 15.5 Å². The predicted molar refractivity (Wildman–Crippen MR) is 81.8 cm³/mol. The van der Waals surface area contributed by atoms with Crippen molar-refractivity contribution in [3.05, 3.63) is 24.3 Å². The Labute approximate surface area is 130 Å². The lowest BCUT2D eigenvalue weighted by Crippen LogP contribution is -2.33. The Kier molecular flexibility index (Phi) is 5.35. The van der Waals surface area contributed by atoms with Crippen molar-refractivity contribution in [2.24, 2.45) is 11.8 Å². The van der Waals surface area contributed by atoms with Crippen LogP contribution in [0.2, 0.25) is 0 Å². The predicted octanol–water partition coefficient (Wildman–Crippen LogP) is 3.58. The van der Waals surface area contributed by atoms with E-state index in [1.54, 1.807) is 18.4 Å². The van der Waals surface area contributed by atoms with Gasteiger partial charge in [-0.2, -0.15) is 4.98 Å². The van der Waals surface area contributed by atoms with Gasteiger partial charge in [-0.3, -0.25) is 4.79 Å². The molecule has 2 atom stereocenters. The highest BCUT2D eigenvalue weighted by molar-refractivity contribution is 5.76. The van der Waals surface area contributed by atoms with Gasteiger partial charge in [0.25, 0.3) is 0 Å². The normalized spacial score (nSPS) is 14.0. The third-order valence-corrected chi connectivity index (χ3v) is 3.57. The fraction of sp³-hybridized carbons (Fsp3) is 0.562. The minimum absolute atomic E-state index is 0.00181. The summed E-state index contributed by atoms with van der Waals surface area (Å²) in [6, 6.07) is 3.25. The van der Waals surface area contributed by atoms with E-state index in [9.17, 15) is 4.79 Å². The number of carbonyl (C=O) groups is 1. The number of furan rings is 1. The quantitative estimate of drug-likeness (QED) is 0.845. The monoisotopic (exact) mass is 305 g/mol. The fourth-order valence-electron chi connectivity index (χ4n) is 2.15. The lowest BCUT2D eigenvalue weighted by Gasteiger charge is -2.21.